The normalized spacial score (nSPS) is 16.1. The van der Waals surface area contributed by atoms with Crippen molar-refractivity contribution in [1.82, 2.24) is 10.3 Å². The van der Waals surface area contributed by atoms with Gasteiger partial charge in [-0.05, 0) is 55.3 Å². The topological polar surface area (TPSA) is 42.0 Å². The lowest BCUT2D eigenvalue weighted by Gasteiger charge is -2.24. The standard InChI is InChI=1S/C19H21ClN2OS/c1-24-14-9-10-16(20)15(12-14)19(23)22-18(13-6-2-3-7-13)17-8-4-5-11-21-17/h4-5,8-13,18H,2-3,6-7H2,1H3,(H,22,23)/t18-/m1/s1. The molecule has 1 heterocycles. The molecule has 1 aromatic carbocycles. The monoisotopic (exact) mass is 360 g/mol. The van der Waals surface area contributed by atoms with Crippen LogP contribution in [0.15, 0.2) is 47.5 Å². The van der Waals surface area contributed by atoms with Crippen molar-refractivity contribution in [1.29, 1.82) is 0 Å². The van der Waals surface area contributed by atoms with Gasteiger partial charge in [0.2, 0.25) is 0 Å². The van der Waals surface area contributed by atoms with Crippen LogP contribution in [0, 0.1) is 5.92 Å². The van der Waals surface area contributed by atoms with Gasteiger partial charge in [0.15, 0.2) is 0 Å². The minimum atomic E-state index is -0.126. The third-order valence-electron chi connectivity index (χ3n) is 4.58. The van der Waals surface area contributed by atoms with Crippen molar-refractivity contribution in [2.24, 2.45) is 5.92 Å². The van der Waals surface area contributed by atoms with Gasteiger partial charge in [-0.2, -0.15) is 0 Å². The average molecular weight is 361 g/mol. The van der Waals surface area contributed by atoms with Crippen molar-refractivity contribution in [3.8, 4) is 0 Å². The van der Waals surface area contributed by atoms with E-state index >= 15 is 0 Å². The van der Waals surface area contributed by atoms with E-state index in [1.54, 1.807) is 24.0 Å². The Morgan fingerprint density at radius 3 is 2.75 bits per heavy atom. The van der Waals surface area contributed by atoms with E-state index in [2.05, 4.69) is 10.3 Å². The van der Waals surface area contributed by atoms with Gasteiger partial charge in [0.1, 0.15) is 0 Å². The first-order valence-corrected chi connectivity index (χ1v) is 9.84. The van der Waals surface area contributed by atoms with E-state index in [4.69, 9.17) is 11.6 Å². The Kier molecular flexibility index (Phi) is 5.80. The zero-order valence-electron chi connectivity index (χ0n) is 13.7. The van der Waals surface area contributed by atoms with E-state index in [1.807, 2.05) is 36.6 Å². The van der Waals surface area contributed by atoms with E-state index in [1.165, 1.54) is 12.8 Å². The van der Waals surface area contributed by atoms with Crippen molar-refractivity contribution < 1.29 is 4.79 Å². The molecule has 0 unspecified atom stereocenters. The quantitative estimate of drug-likeness (QED) is 0.752. The summed E-state index contributed by atoms with van der Waals surface area (Å²) in [4.78, 5) is 18.3. The number of thioether (sulfide) groups is 1. The number of halogens is 1. The van der Waals surface area contributed by atoms with Crippen LogP contribution in [-0.4, -0.2) is 17.1 Å². The van der Waals surface area contributed by atoms with Crippen LogP contribution in [0.25, 0.3) is 0 Å². The fourth-order valence-corrected chi connectivity index (χ4v) is 3.95. The molecule has 1 aliphatic carbocycles. The Balaban J connectivity index is 1.86. The second-order valence-corrected chi connectivity index (χ2v) is 7.38. The number of hydrogen-bond donors (Lipinski definition) is 1. The van der Waals surface area contributed by atoms with Gasteiger partial charge in [-0.15, -0.1) is 11.8 Å². The van der Waals surface area contributed by atoms with Crippen LogP contribution < -0.4 is 5.32 Å². The van der Waals surface area contributed by atoms with Gasteiger partial charge >= 0.3 is 0 Å². The first kappa shape index (κ1) is 17.3. The predicted molar refractivity (Wildman–Crippen MR) is 99.6 cm³/mol. The Hall–Kier alpha value is -1.52. The summed E-state index contributed by atoms with van der Waals surface area (Å²) in [5.41, 5.74) is 1.46. The third-order valence-corrected chi connectivity index (χ3v) is 5.64. The summed E-state index contributed by atoms with van der Waals surface area (Å²) in [7, 11) is 0. The molecule has 0 spiro atoms. The lowest BCUT2D eigenvalue weighted by atomic mass is 9.94. The van der Waals surface area contributed by atoms with E-state index in [9.17, 15) is 4.79 Å². The molecular formula is C19H21ClN2OS. The summed E-state index contributed by atoms with van der Waals surface area (Å²) in [5.74, 6) is 0.310. The van der Waals surface area contributed by atoms with Crippen LogP contribution in [0.2, 0.25) is 5.02 Å². The molecule has 1 fully saturated rings. The molecule has 3 rings (SSSR count). The van der Waals surface area contributed by atoms with Gasteiger partial charge in [-0.1, -0.05) is 30.5 Å². The van der Waals surface area contributed by atoms with Crippen LogP contribution in [0.4, 0.5) is 0 Å². The van der Waals surface area contributed by atoms with Gasteiger partial charge < -0.3 is 5.32 Å². The highest BCUT2D eigenvalue weighted by Crippen LogP contribution is 2.35. The molecule has 2 aromatic rings. The van der Waals surface area contributed by atoms with Crippen LogP contribution in [0.3, 0.4) is 0 Å². The Bertz CT molecular complexity index is 702. The number of benzene rings is 1. The van der Waals surface area contributed by atoms with Crippen molar-refractivity contribution in [2.75, 3.05) is 6.26 Å². The van der Waals surface area contributed by atoms with E-state index < -0.39 is 0 Å². The van der Waals surface area contributed by atoms with Gasteiger partial charge in [0.05, 0.1) is 22.3 Å². The number of nitrogens with zero attached hydrogens (tertiary/aromatic N) is 1. The molecule has 0 radical (unpaired) electrons. The van der Waals surface area contributed by atoms with Crippen LogP contribution in [0.5, 0.6) is 0 Å². The zero-order chi connectivity index (χ0) is 16.9. The summed E-state index contributed by atoms with van der Waals surface area (Å²) in [6.45, 7) is 0. The van der Waals surface area contributed by atoms with E-state index in [0.717, 1.165) is 23.4 Å². The molecule has 3 nitrogen and oxygen atoms in total. The highest BCUT2D eigenvalue weighted by Gasteiger charge is 2.29. The van der Waals surface area contributed by atoms with Crippen molar-refractivity contribution in [3.05, 3.63) is 58.9 Å². The molecule has 1 saturated carbocycles. The molecule has 1 amide bonds. The Morgan fingerprint density at radius 2 is 2.08 bits per heavy atom. The Labute approximate surface area is 152 Å². The highest BCUT2D eigenvalue weighted by molar-refractivity contribution is 7.98. The Morgan fingerprint density at radius 1 is 1.29 bits per heavy atom. The number of amides is 1. The number of rotatable bonds is 5. The maximum absolute atomic E-state index is 12.8. The predicted octanol–water partition coefficient (Wildman–Crippen LogP) is 5.12. The van der Waals surface area contributed by atoms with Gasteiger partial charge in [0.25, 0.3) is 5.91 Å². The summed E-state index contributed by atoms with van der Waals surface area (Å²) in [5, 5.41) is 3.67. The first-order valence-electron chi connectivity index (χ1n) is 8.24. The van der Waals surface area contributed by atoms with Crippen LogP contribution in [0.1, 0.15) is 47.8 Å². The maximum Gasteiger partial charge on any atom is 0.253 e. The van der Waals surface area contributed by atoms with Crippen LogP contribution in [-0.2, 0) is 0 Å². The van der Waals surface area contributed by atoms with Gasteiger partial charge in [0, 0.05) is 11.1 Å². The molecule has 5 heteroatoms. The number of pyridine rings is 1. The maximum atomic E-state index is 12.8. The van der Waals surface area contributed by atoms with Crippen LogP contribution >= 0.6 is 23.4 Å². The second kappa shape index (κ2) is 8.04. The van der Waals surface area contributed by atoms with E-state index in [0.29, 0.717) is 16.5 Å². The number of carbonyl (C=O) groups excluding carboxylic acids is 1. The number of aromatic nitrogens is 1. The molecule has 1 N–H and O–H groups in total. The third kappa shape index (κ3) is 3.93. The fraction of sp³-hybridized carbons (Fsp3) is 0.368. The zero-order valence-corrected chi connectivity index (χ0v) is 15.2. The molecule has 0 aliphatic heterocycles. The second-order valence-electron chi connectivity index (χ2n) is 6.10. The summed E-state index contributed by atoms with van der Waals surface area (Å²) >= 11 is 7.85. The number of carbonyl (C=O) groups is 1. The molecule has 0 bridgehead atoms. The number of nitrogens with one attached hydrogen (secondary N) is 1. The molecule has 1 aromatic heterocycles. The van der Waals surface area contributed by atoms with Gasteiger partial charge in [-0.25, -0.2) is 0 Å². The molecule has 0 saturated heterocycles. The summed E-state index contributed by atoms with van der Waals surface area (Å²) < 4.78 is 0. The van der Waals surface area contributed by atoms with E-state index in [-0.39, 0.29) is 11.9 Å². The molecule has 1 aliphatic rings. The summed E-state index contributed by atoms with van der Waals surface area (Å²) in [6, 6.07) is 11.4. The number of hydrogen-bond acceptors (Lipinski definition) is 3. The molecule has 126 valence electrons. The lowest BCUT2D eigenvalue weighted by Crippen LogP contribution is -2.33. The minimum Gasteiger partial charge on any atom is -0.343 e. The SMILES string of the molecule is CSc1ccc(Cl)c(C(=O)N[C@@H](c2ccccn2)C2CCCC2)c1. The van der Waals surface area contributed by atoms with Crippen molar-refractivity contribution in [2.45, 2.75) is 36.6 Å². The van der Waals surface area contributed by atoms with Gasteiger partial charge in [-0.3, -0.25) is 9.78 Å². The fourth-order valence-electron chi connectivity index (χ4n) is 3.31. The highest BCUT2D eigenvalue weighted by atomic mass is 35.5. The molecule has 24 heavy (non-hydrogen) atoms. The first-order chi connectivity index (χ1) is 11.7. The minimum absolute atomic E-state index is 0.0600. The largest absolute Gasteiger partial charge is 0.343 e. The lowest BCUT2D eigenvalue weighted by molar-refractivity contribution is 0.0920. The average Bonchev–Trinajstić information content (AvgIpc) is 3.15. The van der Waals surface area contributed by atoms with Crippen molar-refractivity contribution in [3.63, 3.8) is 0 Å². The molecule has 1 atom stereocenters. The smallest absolute Gasteiger partial charge is 0.253 e. The summed E-state index contributed by atoms with van der Waals surface area (Å²) in [6.07, 6.45) is 8.45. The van der Waals surface area contributed by atoms with Crippen molar-refractivity contribution >= 4 is 29.3 Å². The molecular weight excluding hydrogens is 340 g/mol.